The van der Waals surface area contributed by atoms with Gasteiger partial charge in [0.1, 0.15) is 5.82 Å². The lowest BCUT2D eigenvalue weighted by Gasteiger charge is -2.21. The van der Waals surface area contributed by atoms with Crippen molar-refractivity contribution in [3.63, 3.8) is 0 Å². The second kappa shape index (κ2) is 27.8. The lowest BCUT2D eigenvalue weighted by atomic mass is 9.85. The molecule has 0 saturated carbocycles. The molecule has 0 aliphatic heterocycles. The number of fused-ring (bicyclic) bond motifs is 3. The van der Waals surface area contributed by atoms with Gasteiger partial charge in [0.05, 0.1) is 37.2 Å². The van der Waals surface area contributed by atoms with E-state index in [1.54, 1.807) is 49.3 Å². The molecule has 318 valence electrons. The Bertz CT molecular complexity index is 1670. The van der Waals surface area contributed by atoms with Gasteiger partial charge in [-0.1, -0.05) is 89.8 Å². The summed E-state index contributed by atoms with van der Waals surface area (Å²) in [6, 6.07) is 10.3. The average Bonchev–Trinajstić information content (AvgIpc) is 3.56. The van der Waals surface area contributed by atoms with E-state index < -0.39 is 17.7 Å². The molecule has 1 atom stereocenters. The van der Waals surface area contributed by atoms with Crippen LogP contribution in [-0.4, -0.2) is 80.5 Å². The zero-order chi connectivity index (χ0) is 42.8. The number of carbonyl (C=O) groups is 4. The van der Waals surface area contributed by atoms with Crippen molar-refractivity contribution in [3.8, 4) is 0 Å². The lowest BCUT2D eigenvalue weighted by molar-refractivity contribution is -0.144. The van der Waals surface area contributed by atoms with E-state index in [0.717, 1.165) is 17.3 Å². The number of amides is 3. The van der Waals surface area contributed by atoms with Crippen LogP contribution in [0.25, 0.3) is 10.9 Å². The van der Waals surface area contributed by atoms with Crippen molar-refractivity contribution in [2.45, 2.75) is 98.1 Å². The van der Waals surface area contributed by atoms with Gasteiger partial charge in [-0.3, -0.25) is 24.1 Å². The Morgan fingerprint density at radius 2 is 1.58 bits per heavy atom. The Balaban J connectivity index is 0.000000604. The van der Waals surface area contributed by atoms with E-state index in [1.165, 1.54) is 37.8 Å². The van der Waals surface area contributed by atoms with Crippen LogP contribution in [0, 0.1) is 11.7 Å². The van der Waals surface area contributed by atoms with E-state index in [9.17, 15) is 36.7 Å². The quantitative estimate of drug-likeness (QED) is 0.0508. The number of benzene rings is 2. The van der Waals surface area contributed by atoms with E-state index in [0.29, 0.717) is 56.1 Å². The van der Waals surface area contributed by atoms with Crippen LogP contribution in [0.4, 0.5) is 17.6 Å². The van der Waals surface area contributed by atoms with Crippen molar-refractivity contribution in [1.82, 2.24) is 25.8 Å². The highest BCUT2D eigenvalue weighted by Crippen LogP contribution is 2.39. The SMILES string of the molecule is C=CCNC(=O)Cc1ccccc1F.CCCC.CCCC.CN(C)CC(=O)OCCCCNC(=O)CNC(=O)C1CCc2[nH]c3c(C(F)(F)F)cccc3c2C1. The number of rotatable bonds is 16. The number of ether oxygens (including phenoxy) is 1. The summed E-state index contributed by atoms with van der Waals surface area (Å²) in [4.78, 5) is 51.9. The number of esters is 1. The molecule has 1 unspecified atom stereocenters. The number of unbranched alkanes of at least 4 members (excludes halogenated alkanes) is 3. The number of halogens is 4. The third-order valence-corrected chi connectivity index (χ3v) is 8.68. The molecule has 1 heterocycles. The average molecular weight is 806 g/mol. The number of hydrogen-bond donors (Lipinski definition) is 4. The first-order valence-corrected chi connectivity index (χ1v) is 19.8. The number of hydrogen-bond acceptors (Lipinski definition) is 6. The predicted molar refractivity (Wildman–Crippen MR) is 218 cm³/mol. The topological polar surface area (TPSA) is 133 Å². The molecule has 4 rings (SSSR count). The van der Waals surface area contributed by atoms with Crippen LogP contribution < -0.4 is 16.0 Å². The number of nitrogens with zero attached hydrogens (tertiary/aromatic N) is 1. The van der Waals surface area contributed by atoms with Gasteiger partial charge in [-0.2, -0.15) is 13.2 Å². The van der Waals surface area contributed by atoms with E-state index in [4.69, 9.17) is 4.74 Å². The number of carbonyl (C=O) groups excluding carboxylic acids is 4. The first kappa shape index (κ1) is 50.3. The third kappa shape index (κ3) is 19.8. The summed E-state index contributed by atoms with van der Waals surface area (Å²) >= 11 is 0. The number of likely N-dealkylation sites (N-methyl/N-ethyl adjacent to an activating group) is 1. The number of aromatic amines is 1. The van der Waals surface area contributed by atoms with Crippen molar-refractivity contribution >= 4 is 34.6 Å². The first-order valence-electron chi connectivity index (χ1n) is 19.8. The molecule has 2 aromatic carbocycles. The summed E-state index contributed by atoms with van der Waals surface area (Å²) in [5.41, 5.74) is 1.21. The highest BCUT2D eigenvalue weighted by Gasteiger charge is 2.35. The number of nitrogens with one attached hydrogen (secondary N) is 4. The molecule has 3 amide bonds. The van der Waals surface area contributed by atoms with Crippen LogP contribution in [0.2, 0.25) is 0 Å². The fourth-order valence-corrected chi connectivity index (χ4v) is 5.28. The van der Waals surface area contributed by atoms with Gasteiger partial charge >= 0.3 is 12.1 Å². The van der Waals surface area contributed by atoms with Gasteiger partial charge in [-0.05, 0) is 69.5 Å². The van der Waals surface area contributed by atoms with Gasteiger partial charge in [0, 0.05) is 30.1 Å². The Morgan fingerprint density at radius 1 is 0.912 bits per heavy atom. The minimum atomic E-state index is -4.46. The maximum atomic E-state index is 13.3. The van der Waals surface area contributed by atoms with Gasteiger partial charge in [0.15, 0.2) is 0 Å². The van der Waals surface area contributed by atoms with Crippen LogP contribution in [-0.2, 0) is 49.4 Å². The third-order valence-electron chi connectivity index (χ3n) is 8.68. The van der Waals surface area contributed by atoms with Crippen LogP contribution in [0.1, 0.15) is 95.0 Å². The number of aryl methyl sites for hydroxylation is 1. The second-order valence-electron chi connectivity index (χ2n) is 13.8. The molecule has 3 aromatic rings. The van der Waals surface area contributed by atoms with E-state index >= 15 is 0 Å². The lowest BCUT2D eigenvalue weighted by Crippen LogP contribution is -2.41. The standard InChI is InChI=1S/C24H31F3N4O4.C11H12FNO.2C4H10/c1-31(2)14-21(33)35-11-4-3-10-28-20(32)13-29-23(34)15-8-9-19-17(12-15)16-6-5-7-18(22(16)30-19)24(25,26)27;1-2-7-13-11(14)8-9-5-3-4-6-10(9)12;2*1-3-4-2/h5-7,15,30H,3-4,8-14H2,1-2H3,(H,28,32)(H,29,34);2-6H,1,7-8H2,(H,13,14);2*3-4H2,1-2H3. The molecular formula is C43H63F4N5O5. The van der Waals surface area contributed by atoms with Crippen molar-refractivity contribution in [3.05, 3.63) is 83.3 Å². The number of aromatic nitrogens is 1. The van der Waals surface area contributed by atoms with Crippen LogP contribution in [0.15, 0.2) is 55.1 Å². The molecule has 10 nitrogen and oxygen atoms in total. The smallest absolute Gasteiger partial charge is 0.418 e. The molecule has 1 aliphatic carbocycles. The first-order chi connectivity index (χ1) is 27.1. The zero-order valence-corrected chi connectivity index (χ0v) is 34.5. The summed E-state index contributed by atoms with van der Waals surface area (Å²) in [5, 5.41) is 8.40. The van der Waals surface area contributed by atoms with Crippen molar-refractivity contribution < 1.29 is 41.5 Å². The Labute approximate surface area is 335 Å². The molecule has 1 aromatic heterocycles. The number of para-hydroxylation sites is 1. The fourth-order valence-electron chi connectivity index (χ4n) is 5.28. The summed E-state index contributed by atoms with van der Waals surface area (Å²) < 4.78 is 58.2. The molecular weight excluding hydrogens is 742 g/mol. The van der Waals surface area contributed by atoms with Gasteiger partial charge in [0.2, 0.25) is 17.7 Å². The summed E-state index contributed by atoms with van der Waals surface area (Å²) in [6.45, 7) is 13.3. The molecule has 0 saturated heterocycles. The summed E-state index contributed by atoms with van der Waals surface area (Å²) in [6.07, 6.45) is 4.97. The summed E-state index contributed by atoms with van der Waals surface area (Å²) in [7, 11) is 3.55. The highest BCUT2D eigenvalue weighted by molar-refractivity contribution is 5.90. The van der Waals surface area contributed by atoms with Crippen molar-refractivity contribution in [1.29, 1.82) is 0 Å². The van der Waals surface area contributed by atoms with Gasteiger partial charge < -0.3 is 25.7 Å². The van der Waals surface area contributed by atoms with Crippen LogP contribution in [0.5, 0.6) is 0 Å². The molecule has 57 heavy (non-hydrogen) atoms. The monoisotopic (exact) mass is 805 g/mol. The van der Waals surface area contributed by atoms with Gasteiger partial charge in [0.25, 0.3) is 0 Å². The van der Waals surface area contributed by atoms with E-state index in [1.807, 2.05) is 0 Å². The summed E-state index contributed by atoms with van der Waals surface area (Å²) in [5.74, 6) is -1.89. The molecule has 4 N–H and O–H groups in total. The number of alkyl halides is 3. The van der Waals surface area contributed by atoms with Crippen LogP contribution in [0.3, 0.4) is 0 Å². The molecule has 0 spiro atoms. The maximum absolute atomic E-state index is 13.3. The van der Waals surface area contributed by atoms with Gasteiger partial charge in [-0.15, -0.1) is 6.58 Å². The molecule has 14 heteroatoms. The fraction of sp³-hybridized carbons (Fsp3) is 0.535. The minimum absolute atomic E-state index is 0.0536. The van der Waals surface area contributed by atoms with Crippen LogP contribution >= 0.6 is 0 Å². The van der Waals surface area contributed by atoms with Crippen molar-refractivity contribution in [2.75, 3.05) is 46.9 Å². The Hall–Kier alpha value is -4.72. The second-order valence-corrected chi connectivity index (χ2v) is 13.8. The van der Waals surface area contributed by atoms with E-state index in [2.05, 4.69) is 55.2 Å². The van der Waals surface area contributed by atoms with E-state index in [-0.39, 0.29) is 61.1 Å². The largest absolute Gasteiger partial charge is 0.465 e. The molecule has 0 fully saturated rings. The normalized spacial score (nSPS) is 13.0. The zero-order valence-electron chi connectivity index (χ0n) is 34.5. The minimum Gasteiger partial charge on any atom is -0.465 e. The highest BCUT2D eigenvalue weighted by atomic mass is 19.4. The molecule has 0 bridgehead atoms. The number of H-pyrrole nitrogens is 1. The van der Waals surface area contributed by atoms with Gasteiger partial charge in [-0.25, -0.2) is 4.39 Å². The Morgan fingerprint density at radius 3 is 2.18 bits per heavy atom. The molecule has 1 aliphatic rings. The molecule has 0 radical (unpaired) electrons. The predicted octanol–water partition coefficient (Wildman–Crippen LogP) is 7.69. The van der Waals surface area contributed by atoms with Crippen molar-refractivity contribution in [2.24, 2.45) is 5.92 Å². The maximum Gasteiger partial charge on any atom is 0.418 e. The Kier molecular flexibility index (Phi) is 24.5.